The lowest BCUT2D eigenvalue weighted by molar-refractivity contribution is -0.120. The van der Waals surface area contributed by atoms with Gasteiger partial charge in [-0.25, -0.2) is 0 Å². The molecule has 0 saturated heterocycles. The number of thiocarbonyl (C=S) groups is 1. The Morgan fingerprint density at radius 2 is 1.88 bits per heavy atom. The third kappa shape index (κ3) is 8.32. The number of hydrazine groups is 1. The van der Waals surface area contributed by atoms with Crippen LogP contribution in [-0.2, 0) is 9.53 Å². The number of hydrogen-bond donors (Lipinski definition) is 4. The second kappa shape index (κ2) is 11.2. The summed E-state index contributed by atoms with van der Waals surface area (Å²) in [6, 6.07) is 6.66. The highest BCUT2D eigenvalue weighted by Gasteiger charge is 2.09. The molecule has 138 valence electrons. The largest absolute Gasteiger partial charge is 0.494 e. The van der Waals surface area contributed by atoms with E-state index in [1.165, 1.54) is 0 Å². The zero-order valence-electron chi connectivity index (χ0n) is 14.5. The number of hydrogen-bond acceptors (Lipinski definition) is 5. The van der Waals surface area contributed by atoms with Crippen molar-refractivity contribution in [1.29, 1.82) is 0 Å². The lowest BCUT2D eigenvalue weighted by Crippen LogP contribution is -2.52. The summed E-state index contributed by atoms with van der Waals surface area (Å²) in [6.45, 7) is 4.62. The van der Waals surface area contributed by atoms with Gasteiger partial charge in [-0.3, -0.25) is 20.4 Å². The monoisotopic (exact) mass is 368 g/mol. The number of carbonyl (C=O) groups is 2. The molecule has 0 aliphatic rings. The van der Waals surface area contributed by atoms with E-state index in [9.17, 15) is 9.59 Å². The quantitative estimate of drug-likeness (QED) is 0.388. The predicted molar refractivity (Wildman–Crippen MR) is 98.3 cm³/mol. The standard InChI is InChI=1S/C16H24N4O4S/c1-4-24-13-7-5-12(6-8-13)15(22)17-9-14(21)19-20-16(25)18-11(2)10-23-3/h5-8,11H,4,9-10H2,1-3H3,(H,17,22)(H,19,21)(H2,18,20,25)/t11-/m1/s1. The third-order valence-corrected chi connectivity index (χ3v) is 3.17. The Balaban J connectivity index is 2.31. The van der Waals surface area contributed by atoms with E-state index >= 15 is 0 Å². The average Bonchev–Trinajstić information content (AvgIpc) is 2.59. The van der Waals surface area contributed by atoms with Gasteiger partial charge in [0.1, 0.15) is 5.75 Å². The highest BCUT2D eigenvalue weighted by atomic mass is 32.1. The molecule has 0 radical (unpaired) electrons. The van der Waals surface area contributed by atoms with Crippen LogP contribution < -0.4 is 26.2 Å². The predicted octanol–water partition coefficient (Wildman–Crippen LogP) is 0.345. The molecular weight excluding hydrogens is 344 g/mol. The molecule has 1 aromatic rings. The minimum absolute atomic E-state index is 0.00117. The summed E-state index contributed by atoms with van der Waals surface area (Å²) in [4.78, 5) is 23.7. The normalized spacial score (nSPS) is 11.2. The maximum Gasteiger partial charge on any atom is 0.257 e. The summed E-state index contributed by atoms with van der Waals surface area (Å²) in [5, 5.41) is 5.70. The SMILES string of the molecule is CCOc1ccc(C(=O)NCC(=O)NNC(=S)N[C@H](C)COC)cc1. The fourth-order valence-corrected chi connectivity index (χ4v) is 2.11. The molecule has 0 aromatic heterocycles. The van der Waals surface area contributed by atoms with Crippen molar-refractivity contribution in [2.45, 2.75) is 19.9 Å². The van der Waals surface area contributed by atoms with E-state index in [-0.39, 0.29) is 23.6 Å². The summed E-state index contributed by atoms with van der Waals surface area (Å²) < 4.78 is 10.3. The van der Waals surface area contributed by atoms with Gasteiger partial charge in [-0.05, 0) is 50.3 Å². The molecule has 0 saturated carbocycles. The van der Waals surface area contributed by atoms with Crippen LogP contribution in [0.4, 0.5) is 0 Å². The molecule has 8 nitrogen and oxygen atoms in total. The van der Waals surface area contributed by atoms with Gasteiger partial charge >= 0.3 is 0 Å². The molecule has 4 N–H and O–H groups in total. The first-order chi connectivity index (χ1) is 12.0. The van der Waals surface area contributed by atoms with Crippen molar-refractivity contribution in [3.8, 4) is 5.75 Å². The van der Waals surface area contributed by atoms with Crippen LogP contribution in [0.25, 0.3) is 0 Å². The van der Waals surface area contributed by atoms with E-state index in [1.807, 2.05) is 13.8 Å². The van der Waals surface area contributed by atoms with E-state index in [0.717, 1.165) is 0 Å². The van der Waals surface area contributed by atoms with Crippen LogP contribution in [0, 0.1) is 0 Å². The van der Waals surface area contributed by atoms with Crippen LogP contribution in [0.2, 0.25) is 0 Å². The van der Waals surface area contributed by atoms with Crippen LogP contribution in [0.5, 0.6) is 5.75 Å². The topological polar surface area (TPSA) is 101 Å². The zero-order chi connectivity index (χ0) is 18.7. The third-order valence-electron chi connectivity index (χ3n) is 2.95. The summed E-state index contributed by atoms with van der Waals surface area (Å²) in [6.07, 6.45) is 0. The maximum absolute atomic E-state index is 12.0. The Labute approximate surface area is 152 Å². The molecule has 9 heteroatoms. The number of ether oxygens (including phenoxy) is 2. The summed E-state index contributed by atoms with van der Waals surface area (Å²) >= 11 is 5.02. The Morgan fingerprint density at radius 1 is 1.20 bits per heavy atom. The number of rotatable bonds is 8. The van der Waals surface area contributed by atoms with E-state index in [2.05, 4.69) is 21.5 Å². The van der Waals surface area contributed by atoms with Crippen molar-refractivity contribution >= 4 is 29.1 Å². The smallest absolute Gasteiger partial charge is 0.257 e. The Hall–Kier alpha value is -2.39. The van der Waals surface area contributed by atoms with E-state index in [4.69, 9.17) is 21.7 Å². The van der Waals surface area contributed by atoms with Crippen molar-refractivity contribution in [2.24, 2.45) is 0 Å². The Morgan fingerprint density at radius 3 is 2.48 bits per heavy atom. The van der Waals surface area contributed by atoms with Crippen molar-refractivity contribution in [2.75, 3.05) is 26.9 Å². The lowest BCUT2D eigenvalue weighted by Gasteiger charge is -2.16. The molecule has 0 fully saturated rings. The van der Waals surface area contributed by atoms with Gasteiger partial charge < -0.3 is 20.1 Å². The first kappa shape index (κ1) is 20.7. The molecule has 1 atom stereocenters. The van der Waals surface area contributed by atoms with Gasteiger partial charge in [0.2, 0.25) is 0 Å². The molecule has 0 bridgehead atoms. The van der Waals surface area contributed by atoms with Gasteiger partial charge in [0, 0.05) is 18.7 Å². The number of amides is 2. The average molecular weight is 368 g/mol. The number of methoxy groups -OCH3 is 1. The molecule has 0 aliphatic heterocycles. The van der Waals surface area contributed by atoms with Crippen molar-refractivity contribution < 1.29 is 19.1 Å². The zero-order valence-corrected chi connectivity index (χ0v) is 15.4. The van der Waals surface area contributed by atoms with E-state index < -0.39 is 5.91 Å². The van der Waals surface area contributed by atoms with Crippen molar-refractivity contribution in [1.82, 2.24) is 21.5 Å². The first-order valence-corrected chi connectivity index (χ1v) is 8.22. The van der Waals surface area contributed by atoms with Crippen LogP contribution in [-0.4, -0.2) is 49.8 Å². The van der Waals surface area contributed by atoms with Crippen LogP contribution in [0.1, 0.15) is 24.2 Å². The van der Waals surface area contributed by atoms with Gasteiger partial charge in [0.05, 0.1) is 19.8 Å². The fraction of sp³-hybridized carbons (Fsp3) is 0.438. The number of benzene rings is 1. The molecule has 1 aromatic carbocycles. The van der Waals surface area contributed by atoms with Crippen LogP contribution >= 0.6 is 12.2 Å². The first-order valence-electron chi connectivity index (χ1n) is 7.81. The number of nitrogens with one attached hydrogen (secondary N) is 4. The van der Waals surface area contributed by atoms with Crippen LogP contribution in [0.3, 0.4) is 0 Å². The molecule has 1 rings (SSSR count). The van der Waals surface area contributed by atoms with Gasteiger partial charge in [0.25, 0.3) is 11.8 Å². The van der Waals surface area contributed by atoms with E-state index in [0.29, 0.717) is 24.5 Å². The molecular formula is C16H24N4O4S. The van der Waals surface area contributed by atoms with E-state index in [1.54, 1.807) is 31.4 Å². The molecule has 0 spiro atoms. The molecule has 0 heterocycles. The Bertz CT molecular complexity index is 580. The highest BCUT2D eigenvalue weighted by Crippen LogP contribution is 2.11. The summed E-state index contributed by atoms with van der Waals surface area (Å²) in [5.41, 5.74) is 5.39. The minimum Gasteiger partial charge on any atom is -0.494 e. The Kier molecular flexibility index (Phi) is 9.26. The molecule has 0 unspecified atom stereocenters. The summed E-state index contributed by atoms with van der Waals surface area (Å²) in [7, 11) is 1.59. The van der Waals surface area contributed by atoms with Gasteiger partial charge in [-0.15, -0.1) is 0 Å². The molecule has 0 aliphatic carbocycles. The fourth-order valence-electron chi connectivity index (χ4n) is 1.85. The van der Waals surface area contributed by atoms with Crippen molar-refractivity contribution in [3.63, 3.8) is 0 Å². The van der Waals surface area contributed by atoms with Crippen molar-refractivity contribution in [3.05, 3.63) is 29.8 Å². The van der Waals surface area contributed by atoms with Gasteiger partial charge in [-0.2, -0.15) is 0 Å². The molecule has 25 heavy (non-hydrogen) atoms. The highest BCUT2D eigenvalue weighted by molar-refractivity contribution is 7.80. The van der Waals surface area contributed by atoms with Gasteiger partial charge in [0.15, 0.2) is 5.11 Å². The lowest BCUT2D eigenvalue weighted by atomic mass is 10.2. The van der Waals surface area contributed by atoms with Gasteiger partial charge in [-0.1, -0.05) is 0 Å². The number of carbonyl (C=O) groups excluding carboxylic acids is 2. The second-order valence-electron chi connectivity index (χ2n) is 5.14. The second-order valence-corrected chi connectivity index (χ2v) is 5.55. The minimum atomic E-state index is -0.428. The summed E-state index contributed by atoms with van der Waals surface area (Å²) in [5.74, 6) is -0.0971. The van der Waals surface area contributed by atoms with Crippen LogP contribution in [0.15, 0.2) is 24.3 Å². The molecule has 2 amide bonds. The maximum atomic E-state index is 12.0.